The number of carbonyl (C=O) groups excluding carboxylic acids is 1. The fourth-order valence-electron chi connectivity index (χ4n) is 5.17. The third-order valence-electron chi connectivity index (χ3n) is 7.30. The van der Waals surface area contributed by atoms with Crippen LogP contribution in [0.15, 0.2) is 126 Å². The minimum Gasteiger partial charge on any atom is -0.293 e. The van der Waals surface area contributed by atoms with E-state index in [-0.39, 0.29) is 28.2 Å². The molecule has 0 fully saturated rings. The average molecular weight is 562 g/mol. The molecule has 204 valence electrons. The number of benzene rings is 4. The van der Waals surface area contributed by atoms with E-state index < -0.39 is 33.2 Å². The first kappa shape index (κ1) is 27.6. The molecule has 0 heterocycles. The van der Waals surface area contributed by atoms with Crippen molar-refractivity contribution in [2.75, 3.05) is 0 Å². The molecular formula is C32H26F3NO3S. The van der Waals surface area contributed by atoms with Crippen LogP contribution in [0.2, 0.25) is 0 Å². The van der Waals surface area contributed by atoms with E-state index in [9.17, 15) is 26.4 Å². The first-order valence-corrected chi connectivity index (χ1v) is 14.1. The molecule has 8 heteroatoms. The average Bonchev–Trinajstić information content (AvgIpc) is 3.30. The van der Waals surface area contributed by atoms with Crippen LogP contribution >= 0.6 is 0 Å². The maximum absolute atomic E-state index is 14.5. The molecule has 1 N–H and O–H groups in total. The van der Waals surface area contributed by atoms with Gasteiger partial charge in [-0.1, -0.05) is 96.6 Å². The summed E-state index contributed by atoms with van der Waals surface area (Å²) in [6, 6.07) is 27.6. The molecule has 0 radical (unpaired) electrons. The van der Waals surface area contributed by atoms with Gasteiger partial charge in [-0.3, -0.25) is 4.79 Å². The van der Waals surface area contributed by atoms with Crippen LogP contribution < -0.4 is 4.72 Å². The Morgan fingerprint density at radius 3 is 1.80 bits per heavy atom. The van der Waals surface area contributed by atoms with E-state index in [1.54, 1.807) is 18.2 Å². The Morgan fingerprint density at radius 2 is 1.30 bits per heavy atom. The summed E-state index contributed by atoms with van der Waals surface area (Å²) in [6.07, 6.45) is -2.60. The Hall–Kier alpha value is -4.01. The first-order chi connectivity index (χ1) is 19.0. The Kier molecular flexibility index (Phi) is 7.25. The highest BCUT2D eigenvalue weighted by Crippen LogP contribution is 2.46. The number of ketones is 1. The molecule has 1 atom stereocenters. The van der Waals surface area contributed by atoms with Crippen LogP contribution in [0.1, 0.15) is 40.3 Å². The fraction of sp³-hybridized carbons (Fsp3) is 0.156. The first-order valence-electron chi connectivity index (χ1n) is 12.6. The lowest BCUT2D eigenvalue weighted by Gasteiger charge is -2.31. The normalized spacial score (nSPS) is 16.0. The number of halogens is 3. The summed E-state index contributed by atoms with van der Waals surface area (Å²) in [7, 11) is -4.16. The monoisotopic (exact) mass is 561 g/mol. The number of rotatable bonds is 7. The lowest BCUT2D eigenvalue weighted by atomic mass is 9.70. The molecule has 4 aromatic carbocycles. The van der Waals surface area contributed by atoms with E-state index in [1.807, 2.05) is 67.6 Å². The molecule has 1 aliphatic carbocycles. The highest BCUT2D eigenvalue weighted by Gasteiger charge is 2.48. The van der Waals surface area contributed by atoms with Crippen molar-refractivity contribution in [2.45, 2.75) is 35.9 Å². The highest BCUT2D eigenvalue weighted by molar-refractivity contribution is 7.89. The maximum atomic E-state index is 14.5. The van der Waals surface area contributed by atoms with E-state index >= 15 is 0 Å². The van der Waals surface area contributed by atoms with Gasteiger partial charge in [-0.15, -0.1) is 0 Å². The topological polar surface area (TPSA) is 63.2 Å². The molecule has 0 spiro atoms. The van der Waals surface area contributed by atoms with E-state index in [0.717, 1.165) is 28.8 Å². The quantitative estimate of drug-likeness (QED) is 0.267. The summed E-state index contributed by atoms with van der Waals surface area (Å²) in [5.41, 5.74) is 0.754. The molecule has 1 aliphatic rings. The highest BCUT2D eigenvalue weighted by atomic mass is 32.2. The number of nitrogens with one attached hydrogen (secondary N) is 1. The van der Waals surface area contributed by atoms with Gasteiger partial charge in [-0.25, -0.2) is 8.42 Å². The molecule has 40 heavy (non-hydrogen) atoms. The van der Waals surface area contributed by atoms with Crippen molar-refractivity contribution >= 4 is 15.8 Å². The van der Waals surface area contributed by atoms with Crippen LogP contribution in [0.25, 0.3) is 0 Å². The van der Waals surface area contributed by atoms with Gasteiger partial charge in [0.25, 0.3) is 0 Å². The van der Waals surface area contributed by atoms with Crippen LogP contribution in [0.5, 0.6) is 0 Å². The minimum atomic E-state index is -4.56. The van der Waals surface area contributed by atoms with Crippen molar-refractivity contribution in [3.8, 4) is 0 Å². The van der Waals surface area contributed by atoms with Crippen molar-refractivity contribution in [3.05, 3.63) is 149 Å². The van der Waals surface area contributed by atoms with Crippen LogP contribution in [0.4, 0.5) is 13.2 Å². The Morgan fingerprint density at radius 1 is 0.775 bits per heavy atom. The number of carbonyl (C=O) groups is 1. The maximum Gasteiger partial charge on any atom is 0.416 e. The molecular weight excluding hydrogens is 535 g/mol. The summed E-state index contributed by atoms with van der Waals surface area (Å²) < 4.78 is 69.5. The summed E-state index contributed by atoms with van der Waals surface area (Å²) in [5, 5.41) is 0. The van der Waals surface area contributed by atoms with Gasteiger partial charge >= 0.3 is 6.18 Å². The molecule has 0 aromatic heterocycles. The SMILES string of the molecule is Cc1ccc(S(=O)(=O)N[C@H](C2=CCC(c3ccccc3)(c3ccccc3)C2=O)c2ccc(C(F)(F)F)cc2)cc1. The van der Waals surface area contributed by atoms with Crippen LogP contribution in [0.3, 0.4) is 0 Å². The molecule has 4 nitrogen and oxygen atoms in total. The van der Waals surface area contributed by atoms with E-state index in [1.165, 1.54) is 24.3 Å². The van der Waals surface area contributed by atoms with Gasteiger partial charge in [0.1, 0.15) is 0 Å². The van der Waals surface area contributed by atoms with Gasteiger partial charge in [-0.05, 0) is 54.3 Å². The molecule has 0 aliphatic heterocycles. The Balaban J connectivity index is 1.62. The molecule has 0 amide bonds. The zero-order valence-corrected chi connectivity index (χ0v) is 22.3. The molecule has 5 rings (SSSR count). The predicted molar refractivity (Wildman–Crippen MR) is 147 cm³/mol. The second kappa shape index (κ2) is 10.5. The van der Waals surface area contributed by atoms with Crippen molar-refractivity contribution in [1.29, 1.82) is 0 Å². The van der Waals surface area contributed by atoms with Crippen LogP contribution in [-0.4, -0.2) is 14.2 Å². The summed E-state index contributed by atoms with van der Waals surface area (Å²) >= 11 is 0. The summed E-state index contributed by atoms with van der Waals surface area (Å²) in [6.45, 7) is 1.82. The van der Waals surface area contributed by atoms with Gasteiger partial charge in [0, 0.05) is 5.57 Å². The molecule has 0 saturated carbocycles. The molecule has 0 bridgehead atoms. The van der Waals surface area contributed by atoms with Crippen molar-refractivity contribution < 1.29 is 26.4 Å². The molecule has 0 saturated heterocycles. The smallest absolute Gasteiger partial charge is 0.293 e. The lowest BCUT2D eigenvalue weighted by Crippen LogP contribution is -2.38. The predicted octanol–water partition coefficient (Wildman–Crippen LogP) is 6.92. The Labute approximate surface area is 231 Å². The van der Waals surface area contributed by atoms with Crippen LogP contribution in [0, 0.1) is 6.92 Å². The minimum absolute atomic E-state index is 0.0153. The van der Waals surface area contributed by atoms with Gasteiger partial charge in [0.05, 0.1) is 21.9 Å². The summed E-state index contributed by atoms with van der Waals surface area (Å²) in [4.78, 5) is 14.4. The Bertz CT molecular complexity index is 1610. The number of sulfonamides is 1. The number of alkyl halides is 3. The fourth-order valence-corrected chi connectivity index (χ4v) is 6.37. The van der Waals surface area contributed by atoms with Crippen molar-refractivity contribution in [3.63, 3.8) is 0 Å². The van der Waals surface area contributed by atoms with Crippen molar-refractivity contribution in [1.82, 2.24) is 4.72 Å². The van der Waals surface area contributed by atoms with E-state index in [2.05, 4.69) is 4.72 Å². The van der Waals surface area contributed by atoms with Crippen molar-refractivity contribution in [2.24, 2.45) is 0 Å². The van der Waals surface area contributed by atoms with Gasteiger partial charge < -0.3 is 0 Å². The van der Waals surface area contributed by atoms with Gasteiger partial charge in [0.15, 0.2) is 5.78 Å². The summed E-state index contributed by atoms with van der Waals surface area (Å²) in [5.74, 6) is -0.318. The number of Topliss-reactive ketones (excluding diaryl/α,β-unsaturated/α-hetero) is 1. The number of hydrogen-bond acceptors (Lipinski definition) is 3. The van der Waals surface area contributed by atoms with Gasteiger partial charge in [0.2, 0.25) is 10.0 Å². The zero-order valence-electron chi connectivity index (χ0n) is 21.5. The molecule has 0 unspecified atom stereocenters. The van der Waals surface area contributed by atoms with E-state index in [0.29, 0.717) is 0 Å². The number of allylic oxidation sites excluding steroid dienone is 1. The van der Waals surface area contributed by atoms with Crippen LogP contribution in [-0.2, 0) is 26.4 Å². The second-order valence-corrected chi connectivity index (χ2v) is 11.5. The third-order valence-corrected chi connectivity index (χ3v) is 8.74. The lowest BCUT2D eigenvalue weighted by molar-refractivity contribution is -0.137. The van der Waals surface area contributed by atoms with E-state index in [4.69, 9.17) is 0 Å². The zero-order chi connectivity index (χ0) is 28.5. The molecule has 4 aromatic rings. The third kappa shape index (κ3) is 5.12. The standard InChI is InChI=1S/C32H26F3NO3S/c1-22-12-18-27(19-13-22)40(38,39)36-29(23-14-16-26(17-15-23)32(33,34)35)28-20-21-31(30(28)37,24-8-4-2-5-9-24)25-10-6-3-7-11-25/h2-20,29,36H,21H2,1H3/t29-/m0/s1. The number of aryl methyl sites for hydroxylation is 1. The second-order valence-electron chi connectivity index (χ2n) is 9.82. The number of hydrogen-bond donors (Lipinski definition) is 1. The van der Waals surface area contributed by atoms with Gasteiger partial charge in [-0.2, -0.15) is 17.9 Å². The largest absolute Gasteiger partial charge is 0.416 e.